The zero-order chi connectivity index (χ0) is 15.1. The summed E-state index contributed by atoms with van der Waals surface area (Å²) in [6.07, 6.45) is 7.13. The molecule has 0 atom stereocenters. The number of likely N-dealkylation sites (tertiary alicyclic amines) is 1. The zero-order valence-electron chi connectivity index (χ0n) is 12.0. The second kappa shape index (κ2) is 7.61. The van der Waals surface area contributed by atoms with Gasteiger partial charge in [-0.25, -0.2) is 9.59 Å². The average molecular weight is 291 g/mol. The first-order valence-electron chi connectivity index (χ1n) is 7.38. The van der Waals surface area contributed by atoms with E-state index in [1.807, 2.05) is 4.90 Å². The van der Waals surface area contributed by atoms with Crippen molar-refractivity contribution in [3.8, 4) is 0 Å². The normalized spacial score (nSPS) is 15.9. The van der Waals surface area contributed by atoms with Crippen LogP contribution < -0.4 is 5.32 Å². The summed E-state index contributed by atoms with van der Waals surface area (Å²) < 4.78 is 0. The third-order valence-electron chi connectivity index (χ3n) is 3.63. The number of carbonyl (C=O) groups excluding carboxylic acids is 1. The van der Waals surface area contributed by atoms with E-state index in [2.05, 4.69) is 10.3 Å². The van der Waals surface area contributed by atoms with Gasteiger partial charge in [0.1, 0.15) is 0 Å². The number of nitrogens with one attached hydrogen (secondary N) is 1. The van der Waals surface area contributed by atoms with Crippen molar-refractivity contribution in [2.24, 2.45) is 0 Å². The van der Waals surface area contributed by atoms with Gasteiger partial charge in [-0.2, -0.15) is 0 Å². The molecular weight excluding hydrogens is 270 g/mol. The van der Waals surface area contributed by atoms with Gasteiger partial charge in [-0.05, 0) is 25.0 Å². The van der Waals surface area contributed by atoms with Crippen molar-refractivity contribution >= 4 is 12.0 Å². The number of amides is 2. The number of hydrogen-bond donors (Lipinski definition) is 2. The van der Waals surface area contributed by atoms with Crippen molar-refractivity contribution in [3.05, 3.63) is 29.6 Å². The summed E-state index contributed by atoms with van der Waals surface area (Å²) in [5.74, 6) is -0.992. The molecule has 2 rings (SSSR count). The highest BCUT2D eigenvalue weighted by atomic mass is 16.4. The van der Waals surface area contributed by atoms with Crippen molar-refractivity contribution in [1.82, 2.24) is 15.2 Å². The van der Waals surface area contributed by atoms with Crippen LogP contribution in [0.2, 0.25) is 0 Å². The number of carboxylic acids is 1. The van der Waals surface area contributed by atoms with Crippen molar-refractivity contribution in [3.63, 3.8) is 0 Å². The monoisotopic (exact) mass is 291 g/mol. The van der Waals surface area contributed by atoms with E-state index < -0.39 is 5.97 Å². The molecule has 6 nitrogen and oxygen atoms in total. The Balaban J connectivity index is 1.87. The number of rotatable bonds is 3. The summed E-state index contributed by atoms with van der Waals surface area (Å²) in [6, 6.07) is 2.82. The minimum Gasteiger partial charge on any atom is -0.478 e. The van der Waals surface area contributed by atoms with Crippen LogP contribution in [-0.2, 0) is 6.54 Å². The van der Waals surface area contributed by atoms with Crippen LogP contribution in [0.1, 0.15) is 48.2 Å². The lowest BCUT2D eigenvalue weighted by molar-refractivity contribution is 0.0696. The third kappa shape index (κ3) is 4.73. The maximum absolute atomic E-state index is 12.1. The fourth-order valence-electron chi connectivity index (χ4n) is 2.44. The van der Waals surface area contributed by atoms with E-state index in [9.17, 15) is 9.59 Å². The molecule has 21 heavy (non-hydrogen) atoms. The Labute approximate surface area is 124 Å². The lowest BCUT2D eigenvalue weighted by Gasteiger charge is -2.25. The molecule has 1 fully saturated rings. The maximum Gasteiger partial charge on any atom is 0.335 e. The largest absolute Gasteiger partial charge is 0.478 e. The summed E-state index contributed by atoms with van der Waals surface area (Å²) in [7, 11) is 0. The number of carboxylic acid groups (broad SMARTS) is 1. The molecule has 0 spiro atoms. The summed E-state index contributed by atoms with van der Waals surface area (Å²) in [4.78, 5) is 28.9. The van der Waals surface area contributed by atoms with Gasteiger partial charge in [0.05, 0.1) is 17.8 Å². The zero-order valence-corrected chi connectivity index (χ0v) is 12.0. The standard InChI is InChI=1S/C15H21N3O3/c19-14(20)12-6-7-16-13(10-12)11-17-15(21)18-8-4-2-1-3-5-9-18/h6-7,10H,1-5,8-9,11H2,(H,17,21)(H,19,20). The number of nitrogens with zero attached hydrogens (tertiary/aromatic N) is 2. The number of aromatic nitrogens is 1. The summed E-state index contributed by atoms with van der Waals surface area (Å²) in [5, 5.41) is 11.7. The minimum atomic E-state index is -0.992. The van der Waals surface area contributed by atoms with E-state index in [-0.39, 0.29) is 18.1 Å². The minimum absolute atomic E-state index is 0.0978. The van der Waals surface area contributed by atoms with Crippen molar-refractivity contribution < 1.29 is 14.7 Å². The smallest absolute Gasteiger partial charge is 0.335 e. The van der Waals surface area contributed by atoms with E-state index in [1.165, 1.54) is 37.6 Å². The van der Waals surface area contributed by atoms with E-state index >= 15 is 0 Å². The first kappa shape index (κ1) is 15.3. The van der Waals surface area contributed by atoms with Gasteiger partial charge in [0, 0.05) is 19.3 Å². The van der Waals surface area contributed by atoms with Crippen LogP contribution in [0, 0.1) is 0 Å². The second-order valence-corrected chi connectivity index (χ2v) is 5.25. The molecule has 6 heteroatoms. The Hall–Kier alpha value is -2.11. The molecule has 0 bridgehead atoms. The number of urea groups is 1. The molecular formula is C15H21N3O3. The Kier molecular flexibility index (Phi) is 5.54. The van der Waals surface area contributed by atoms with Gasteiger partial charge in [0.25, 0.3) is 0 Å². The summed E-state index contributed by atoms with van der Waals surface area (Å²) in [5.41, 5.74) is 0.732. The fourth-order valence-corrected chi connectivity index (χ4v) is 2.44. The van der Waals surface area contributed by atoms with E-state index in [0.29, 0.717) is 5.69 Å². The topological polar surface area (TPSA) is 82.5 Å². The first-order valence-corrected chi connectivity index (χ1v) is 7.38. The van der Waals surface area contributed by atoms with Gasteiger partial charge < -0.3 is 15.3 Å². The quantitative estimate of drug-likeness (QED) is 0.895. The molecule has 0 unspecified atom stereocenters. The molecule has 1 aromatic heterocycles. The lowest BCUT2D eigenvalue weighted by Crippen LogP contribution is -2.41. The molecule has 2 N–H and O–H groups in total. The molecule has 0 radical (unpaired) electrons. The number of carbonyl (C=O) groups is 2. The molecule has 1 aliphatic heterocycles. The second-order valence-electron chi connectivity index (χ2n) is 5.25. The third-order valence-corrected chi connectivity index (χ3v) is 3.63. The van der Waals surface area contributed by atoms with Crippen LogP contribution in [0.4, 0.5) is 4.79 Å². The molecule has 0 saturated carbocycles. The number of hydrogen-bond acceptors (Lipinski definition) is 3. The Bertz CT molecular complexity index is 497. The van der Waals surface area contributed by atoms with Gasteiger partial charge in [-0.3, -0.25) is 4.98 Å². The van der Waals surface area contributed by atoms with Crippen molar-refractivity contribution in [2.45, 2.75) is 38.6 Å². The summed E-state index contributed by atoms with van der Waals surface area (Å²) in [6.45, 7) is 1.82. The van der Waals surface area contributed by atoms with E-state index in [1.54, 1.807) is 0 Å². The predicted molar refractivity (Wildman–Crippen MR) is 78.1 cm³/mol. The molecule has 0 aromatic carbocycles. The lowest BCUT2D eigenvalue weighted by atomic mass is 10.1. The highest BCUT2D eigenvalue weighted by Crippen LogP contribution is 2.10. The Morgan fingerprint density at radius 3 is 2.52 bits per heavy atom. The van der Waals surface area contributed by atoms with Gasteiger partial charge in [0.2, 0.25) is 0 Å². The van der Waals surface area contributed by atoms with E-state index in [0.717, 1.165) is 25.9 Å². The fraction of sp³-hybridized carbons (Fsp3) is 0.533. The highest BCUT2D eigenvalue weighted by molar-refractivity contribution is 5.87. The van der Waals surface area contributed by atoms with Crippen LogP contribution in [0.3, 0.4) is 0 Å². The molecule has 1 aliphatic rings. The van der Waals surface area contributed by atoms with Crippen LogP contribution >= 0.6 is 0 Å². The average Bonchev–Trinajstić information content (AvgIpc) is 2.44. The molecule has 2 heterocycles. The molecule has 114 valence electrons. The SMILES string of the molecule is O=C(O)c1ccnc(CNC(=O)N2CCCCCCC2)c1. The van der Waals surface area contributed by atoms with Crippen LogP contribution in [-0.4, -0.2) is 40.1 Å². The maximum atomic E-state index is 12.1. The van der Waals surface area contributed by atoms with Gasteiger partial charge in [-0.1, -0.05) is 19.3 Å². The Morgan fingerprint density at radius 2 is 1.86 bits per heavy atom. The van der Waals surface area contributed by atoms with Crippen molar-refractivity contribution in [2.75, 3.05) is 13.1 Å². The predicted octanol–water partition coefficient (Wildman–Crippen LogP) is 2.26. The van der Waals surface area contributed by atoms with Gasteiger partial charge in [-0.15, -0.1) is 0 Å². The van der Waals surface area contributed by atoms with Crippen LogP contribution in [0.15, 0.2) is 18.3 Å². The van der Waals surface area contributed by atoms with Gasteiger partial charge >= 0.3 is 12.0 Å². The highest BCUT2D eigenvalue weighted by Gasteiger charge is 2.14. The van der Waals surface area contributed by atoms with Crippen LogP contribution in [0.25, 0.3) is 0 Å². The molecule has 2 amide bonds. The number of pyridine rings is 1. The Morgan fingerprint density at radius 1 is 1.19 bits per heavy atom. The van der Waals surface area contributed by atoms with Gasteiger partial charge in [0.15, 0.2) is 0 Å². The first-order chi connectivity index (χ1) is 10.2. The molecule has 0 aliphatic carbocycles. The van der Waals surface area contributed by atoms with Crippen LogP contribution in [0.5, 0.6) is 0 Å². The molecule has 1 aromatic rings. The number of aromatic carboxylic acids is 1. The molecule has 1 saturated heterocycles. The summed E-state index contributed by atoms with van der Waals surface area (Å²) >= 11 is 0. The van der Waals surface area contributed by atoms with Crippen molar-refractivity contribution in [1.29, 1.82) is 0 Å². The van der Waals surface area contributed by atoms with E-state index in [4.69, 9.17) is 5.11 Å².